The lowest BCUT2D eigenvalue weighted by Gasteiger charge is -2.36. The quantitative estimate of drug-likeness (QED) is 0.663. The number of hydrogen-bond donors (Lipinski definition) is 0. The van der Waals surface area contributed by atoms with Crippen molar-refractivity contribution in [3.05, 3.63) is 64.5 Å². The molecular formula is C21H20F4N2O. The maximum absolute atomic E-state index is 13.7. The molecule has 148 valence electrons. The van der Waals surface area contributed by atoms with Gasteiger partial charge in [-0.25, -0.2) is 4.39 Å². The molecule has 2 aromatic rings. The van der Waals surface area contributed by atoms with Crippen molar-refractivity contribution in [2.45, 2.75) is 31.5 Å². The Kier molecular flexibility index (Phi) is 4.45. The Balaban J connectivity index is 1.78. The third-order valence-electron chi connectivity index (χ3n) is 5.69. The van der Waals surface area contributed by atoms with Gasteiger partial charge in [0.1, 0.15) is 5.82 Å². The van der Waals surface area contributed by atoms with E-state index in [1.54, 1.807) is 4.90 Å². The molecule has 28 heavy (non-hydrogen) atoms. The molecule has 1 saturated heterocycles. The van der Waals surface area contributed by atoms with E-state index in [0.29, 0.717) is 12.1 Å². The molecule has 0 bridgehead atoms. The summed E-state index contributed by atoms with van der Waals surface area (Å²) in [6, 6.07) is 8.15. The van der Waals surface area contributed by atoms with Crippen LogP contribution in [0.4, 0.5) is 23.2 Å². The minimum absolute atomic E-state index is 0.111. The van der Waals surface area contributed by atoms with Gasteiger partial charge in [0, 0.05) is 29.8 Å². The lowest BCUT2D eigenvalue weighted by molar-refractivity contribution is -0.140. The predicted octanol–water partition coefficient (Wildman–Crippen LogP) is 4.60. The number of carbonyl (C=O) groups is 1. The molecule has 0 saturated carbocycles. The van der Waals surface area contributed by atoms with Gasteiger partial charge in [-0.3, -0.25) is 4.79 Å². The van der Waals surface area contributed by atoms with Gasteiger partial charge in [-0.2, -0.15) is 13.2 Å². The zero-order valence-electron chi connectivity index (χ0n) is 15.6. The number of aryl methyl sites for hydroxylation is 1. The van der Waals surface area contributed by atoms with E-state index in [0.717, 1.165) is 42.4 Å². The van der Waals surface area contributed by atoms with Gasteiger partial charge in [0.25, 0.3) is 5.91 Å². The number of hydrogen-bond acceptors (Lipinski definition) is 2. The number of rotatable bonds is 1. The molecule has 2 heterocycles. The molecule has 2 atom stereocenters. The van der Waals surface area contributed by atoms with Crippen LogP contribution in [0.1, 0.15) is 39.4 Å². The van der Waals surface area contributed by atoms with Crippen molar-refractivity contribution in [3.8, 4) is 0 Å². The van der Waals surface area contributed by atoms with Crippen molar-refractivity contribution < 1.29 is 22.4 Å². The van der Waals surface area contributed by atoms with Crippen LogP contribution in [-0.4, -0.2) is 37.0 Å². The summed E-state index contributed by atoms with van der Waals surface area (Å²) in [6.07, 6.45) is -4.12. The van der Waals surface area contributed by atoms with E-state index in [2.05, 4.69) is 4.90 Å². The van der Waals surface area contributed by atoms with Crippen LogP contribution in [0.3, 0.4) is 0 Å². The molecule has 2 aliphatic heterocycles. The predicted molar refractivity (Wildman–Crippen MR) is 98.0 cm³/mol. The monoisotopic (exact) mass is 392 g/mol. The molecule has 1 fully saturated rings. The smallest absolute Gasteiger partial charge is 0.306 e. The summed E-state index contributed by atoms with van der Waals surface area (Å²) in [5, 5.41) is 0. The summed E-state index contributed by atoms with van der Waals surface area (Å²) in [4.78, 5) is 17.1. The summed E-state index contributed by atoms with van der Waals surface area (Å²) in [5.41, 5.74) is 1.28. The highest BCUT2D eigenvalue weighted by Crippen LogP contribution is 2.45. The van der Waals surface area contributed by atoms with Gasteiger partial charge in [0.15, 0.2) is 0 Å². The maximum atomic E-state index is 13.7. The van der Waals surface area contributed by atoms with E-state index in [1.807, 2.05) is 32.2 Å². The van der Waals surface area contributed by atoms with E-state index in [9.17, 15) is 22.4 Å². The molecule has 0 aliphatic carbocycles. The second kappa shape index (κ2) is 6.58. The number of anilines is 1. The molecule has 2 aliphatic rings. The first-order valence-corrected chi connectivity index (χ1v) is 9.16. The Morgan fingerprint density at radius 2 is 1.89 bits per heavy atom. The first-order chi connectivity index (χ1) is 13.2. The Labute approximate surface area is 160 Å². The molecule has 3 nitrogen and oxygen atoms in total. The number of amides is 1. The first-order valence-electron chi connectivity index (χ1n) is 9.16. The summed E-state index contributed by atoms with van der Waals surface area (Å²) < 4.78 is 52.9. The second-order valence-electron chi connectivity index (χ2n) is 7.65. The minimum Gasteiger partial charge on any atom is -0.306 e. The molecule has 7 heteroatoms. The van der Waals surface area contributed by atoms with Crippen LogP contribution in [0, 0.1) is 12.7 Å². The number of piperidine rings is 1. The zero-order valence-corrected chi connectivity index (χ0v) is 15.6. The maximum Gasteiger partial charge on any atom is 0.419 e. The van der Waals surface area contributed by atoms with E-state index < -0.39 is 23.5 Å². The van der Waals surface area contributed by atoms with Crippen LogP contribution in [0.25, 0.3) is 0 Å². The Hall–Kier alpha value is -2.41. The first kappa shape index (κ1) is 18.9. The van der Waals surface area contributed by atoms with E-state index in [-0.39, 0.29) is 17.5 Å². The van der Waals surface area contributed by atoms with Crippen molar-refractivity contribution >= 4 is 11.6 Å². The number of likely N-dealkylation sites (N-methyl/N-ethyl adjacent to an activating group) is 1. The SMILES string of the molecule is Cc1ccc2c(c1)C1CN(C)CCC1N2C(=O)c1ccc(F)c(C(F)(F)F)c1. The molecule has 0 N–H and O–H groups in total. The third-order valence-corrected chi connectivity index (χ3v) is 5.69. The molecular weight excluding hydrogens is 372 g/mol. The van der Waals surface area contributed by atoms with Crippen LogP contribution >= 0.6 is 0 Å². The lowest BCUT2D eigenvalue weighted by atomic mass is 9.88. The number of fused-ring (bicyclic) bond motifs is 3. The largest absolute Gasteiger partial charge is 0.419 e. The standard InChI is InChI=1S/C21H20F4N2O/c1-12-3-6-18-14(9-12)15-11-26(2)8-7-19(15)27(18)20(28)13-4-5-17(22)16(10-13)21(23,24)25/h3-6,9-10,15,19H,7-8,11H2,1-2H3. The summed E-state index contributed by atoms with van der Waals surface area (Å²) in [5.74, 6) is -1.79. The average molecular weight is 392 g/mol. The second-order valence-corrected chi connectivity index (χ2v) is 7.65. The number of carbonyl (C=O) groups excluding carboxylic acids is 1. The van der Waals surface area contributed by atoms with E-state index in [1.165, 1.54) is 0 Å². The van der Waals surface area contributed by atoms with E-state index >= 15 is 0 Å². The van der Waals surface area contributed by atoms with Gasteiger partial charge in [0.05, 0.1) is 5.56 Å². The highest BCUT2D eigenvalue weighted by atomic mass is 19.4. The van der Waals surface area contributed by atoms with Crippen molar-refractivity contribution in [2.75, 3.05) is 25.0 Å². The average Bonchev–Trinajstić information content (AvgIpc) is 2.93. The highest BCUT2D eigenvalue weighted by Gasteiger charge is 2.44. The number of halogens is 4. The fourth-order valence-electron chi connectivity index (χ4n) is 4.36. The Bertz CT molecular complexity index is 940. The molecule has 0 aromatic heterocycles. The van der Waals surface area contributed by atoms with Gasteiger partial charge in [-0.15, -0.1) is 0 Å². The van der Waals surface area contributed by atoms with Crippen LogP contribution in [0.15, 0.2) is 36.4 Å². The number of nitrogens with zero attached hydrogens (tertiary/aromatic N) is 2. The lowest BCUT2D eigenvalue weighted by Crippen LogP contribution is -2.47. The van der Waals surface area contributed by atoms with Crippen LogP contribution in [0.5, 0.6) is 0 Å². The van der Waals surface area contributed by atoms with Gasteiger partial charge in [-0.05, 0) is 56.8 Å². The van der Waals surface area contributed by atoms with Gasteiger partial charge in [-0.1, -0.05) is 17.7 Å². The van der Waals surface area contributed by atoms with Crippen LogP contribution < -0.4 is 4.90 Å². The Morgan fingerprint density at radius 3 is 2.61 bits per heavy atom. The van der Waals surface area contributed by atoms with Gasteiger partial charge >= 0.3 is 6.18 Å². The van der Waals surface area contributed by atoms with E-state index in [4.69, 9.17) is 0 Å². The number of benzene rings is 2. The summed E-state index contributed by atoms with van der Waals surface area (Å²) >= 11 is 0. The number of alkyl halides is 3. The normalized spacial score (nSPS) is 22.1. The fraction of sp³-hybridized carbons (Fsp3) is 0.381. The fourth-order valence-corrected chi connectivity index (χ4v) is 4.36. The van der Waals surface area contributed by atoms with Gasteiger partial charge < -0.3 is 9.80 Å². The topological polar surface area (TPSA) is 23.6 Å². The van der Waals surface area contributed by atoms with Crippen LogP contribution in [-0.2, 0) is 6.18 Å². The molecule has 2 unspecified atom stereocenters. The molecule has 0 spiro atoms. The van der Waals surface area contributed by atoms with Crippen molar-refractivity contribution in [1.82, 2.24) is 4.90 Å². The zero-order chi connectivity index (χ0) is 20.2. The summed E-state index contributed by atoms with van der Waals surface area (Å²) in [6.45, 7) is 3.55. The van der Waals surface area contributed by atoms with Gasteiger partial charge in [0.2, 0.25) is 0 Å². The summed E-state index contributed by atoms with van der Waals surface area (Å²) in [7, 11) is 2.02. The van der Waals surface area contributed by atoms with Crippen molar-refractivity contribution in [2.24, 2.45) is 0 Å². The molecule has 0 radical (unpaired) electrons. The third kappa shape index (κ3) is 3.07. The van der Waals surface area contributed by atoms with Crippen molar-refractivity contribution in [3.63, 3.8) is 0 Å². The minimum atomic E-state index is -4.85. The Morgan fingerprint density at radius 1 is 1.14 bits per heavy atom. The van der Waals surface area contributed by atoms with Crippen molar-refractivity contribution in [1.29, 1.82) is 0 Å². The molecule has 4 rings (SSSR count). The highest BCUT2D eigenvalue weighted by molar-refractivity contribution is 6.08. The number of likely N-dealkylation sites (tertiary alicyclic amines) is 1. The van der Waals surface area contributed by atoms with Crippen LogP contribution in [0.2, 0.25) is 0 Å². The molecule has 1 amide bonds. The molecule has 2 aromatic carbocycles.